The number of hydrogen-bond donors (Lipinski definition) is 0. The van der Waals surface area contributed by atoms with Crippen molar-refractivity contribution in [3.63, 3.8) is 0 Å². The first-order valence-electron chi connectivity index (χ1n) is 9.59. The largest absolute Gasteiger partial charge is 0.550 e. The van der Waals surface area contributed by atoms with Gasteiger partial charge < -0.3 is 14.4 Å². The van der Waals surface area contributed by atoms with Crippen molar-refractivity contribution in [1.29, 1.82) is 0 Å². The normalized spacial score (nSPS) is 16.1. The molecule has 0 atom stereocenters. The molecular formula is C19H39NO2. The molecule has 0 aromatic heterocycles. The van der Waals surface area contributed by atoms with Crippen LogP contribution in [-0.2, 0) is 4.79 Å². The molecular weight excluding hydrogens is 274 g/mol. The monoisotopic (exact) mass is 313 g/mol. The van der Waals surface area contributed by atoms with Gasteiger partial charge in [-0.25, -0.2) is 0 Å². The van der Waals surface area contributed by atoms with E-state index in [9.17, 15) is 0 Å². The second kappa shape index (κ2) is 14.0. The highest BCUT2D eigenvalue weighted by Gasteiger charge is 2.28. The van der Waals surface area contributed by atoms with Gasteiger partial charge in [-0.05, 0) is 26.7 Å². The second-order valence-electron chi connectivity index (χ2n) is 6.86. The fourth-order valence-corrected chi connectivity index (χ4v) is 3.46. The SMILES string of the molecule is CC(=O)[O-].CCCCCCCCCCC[N+]1(CC)CCCC1. The van der Waals surface area contributed by atoms with Crippen molar-refractivity contribution in [2.45, 2.75) is 91.4 Å². The number of carboxylic acids is 1. The van der Waals surface area contributed by atoms with Crippen LogP contribution in [0.15, 0.2) is 0 Å². The fraction of sp³-hybridized carbons (Fsp3) is 0.947. The van der Waals surface area contributed by atoms with Crippen LogP contribution in [0.2, 0.25) is 0 Å². The lowest BCUT2D eigenvalue weighted by molar-refractivity contribution is -0.915. The van der Waals surface area contributed by atoms with E-state index < -0.39 is 5.97 Å². The summed E-state index contributed by atoms with van der Waals surface area (Å²) in [6, 6.07) is 0. The molecule has 0 N–H and O–H groups in total. The molecule has 22 heavy (non-hydrogen) atoms. The molecule has 1 heterocycles. The van der Waals surface area contributed by atoms with Crippen LogP contribution < -0.4 is 5.11 Å². The molecule has 1 rings (SSSR count). The summed E-state index contributed by atoms with van der Waals surface area (Å²) in [7, 11) is 0. The summed E-state index contributed by atoms with van der Waals surface area (Å²) in [6.07, 6.45) is 16.1. The van der Waals surface area contributed by atoms with Crippen molar-refractivity contribution in [3.8, 4) is 0 Å². The summed E-state index contributed by atoms with van der Waals surface area (Å²) < 4.78 is 1.44. The van der Waals surface area contributed by atoms with Crippen LogP contribution in [0.4, 0.5) is 0 Å². The number of likely N-dealkylation sites (tertiary alicyclic amines) is 1. The molecule has 0 radical (unpaired) electrons. The van der Waals surface area contributed by atoms with Crippen LogP contribution >= 0.6 is 0 Å². The summed E-state index contributed by atoms with van der Waals surface area (Å²) in [5.74, 6) is -1.08. The van der Waals surface area contributed by atoms with Crippen molar-refractivity contribution in [3.05, 3.63) is 0 Å². The van der Waals surface area contributed by atoms with Crippen LogP contribution in [0, 0.1) is 0 Å². The van der Waals surface area contributed by atoms with E-state index in [1.807, 2.05) is 0 Å². The molecule has 0 aliphatic carbocycles. The average Bonchev–Trinajstić information content (AvgIpc) is 2.94. The number of carboxylic acid groups (broad SMARTS) is 1. The van der Waals surface area contributed by atoms with Gasteiger partial charge >= 0.3 is 0 Å². The summed E-state index contributed by atoms with van der Waals surface area (Å²) in [5.41, 5.74) is 0. The topological polar surface area (TPSA) is 40.1 Å². The Labute approximate surface area is 138 Å². The minimum absolute atomic E-state index is 0.972. The van der Waals surface area contributed by atoms with Crippen LogP contribution in [0.25, 0.3) is 0 Å². The predicted octanol–water partition coefficient (Wildman–Crippen LogP) is 3.90. The number of unbranched alkanes of at least 4 members (excludes halogenated alkanes) is 8. The van der Waals surface area contributed by atoms with Gasteiger partial charge in [0.05, 0.1) is 26.2 Å². The van der Waals surface area contributed by atoms with E-state index in [0.29, 0.717) is 0 Å². The third kappa shape index (κ3) is 12.0. The Hall–Kier alpha value is -0.570. The van der Waals surface area contributed by atoms with E-state index >= 15 is 0 Å². The fourth-order valence-electron chi connectivity index (χ4n) is 3.46. The average molecular weight is 314 g/mol. The van der Waals surface area contributed by atoms with Crippen molar-refractivity contribution < 1.29 is 14.4 Å². The zero-order valence-electron chi connectivity index (χ0n) is 15.4. The van der Waals surface area contributed by atoms with E-state index in [1.165, 1.54) is 101 Å². The molecule has 1 aliphatic heterocycles. The number of rotatable bonds is 11. The molecule has 3 nitrogen and oxygen atoms in total. The molecule has 132 valence electrons. The first-order valence-corrected chi connectivity index (χ1v) is 9.59. The number of hydrogen-bond acceptors (Lipinski definition) is 2. The Morgan fingerprint density at radius 2 is 1.27 bits per heavy atom. The van der Waals surface area contributed by atoms with Gasteiger partial charge in [-0.1, -0.05) is 51.9 Å². The highest BCUT2D eigenvalue weighted by atomic mass is 16.4. The highest BCUT2D eigenvalue weighted by molar-refractivity contribution is 5.60. The lowest BCUT2D eigenvalue weighted by Crippen LogP contribution is -2.45. The van der Waals surface area contributed by atoms with Gasteiger partial charge in [-0.15, -0.1) is 0 Å². The van der Waals surface area contributed by atoms with Gasteiger partial charge in [0.2, 0.25) is 0 Å². The third-order valence-electron chi connectivity index (χ3n) is 4.92. The summed E-state index contributed by atoms with van der Waals surface area (Å²) in [6.45, 7) is 11.4. The predicted molar refractivity (Wildman–Crippen MR) is 92.5 cm³/mol. The molecule has 1 aliphatic rings. The molecule has 1 saturated heterocycles. The summed E-state index contributed by atoms with van der Waals surface area (Å²) >= 11 is 0. The Morgan fingerprint density at radius 1 is 0.864 bits per heavy atom. The maximum absolute atomic E-state index is 8.89. The quantitative estimate of drug-likeness (QED) is 0.429. The Kier molecular flexibility index (Phi) is 13.7. The van der Waals surface area contributed by atoms with Gasteiger partial charge in [0, 0.05) is 18.8 Å². The number of nitrogens with zero attached hydrogens (tertiary/aromatic N) is 1. The van der Waals surface area contributed by atoms with Gasteiger partial charge in [0.25, 0.3) is 0 Å². The molecule has 0 bridgehead atoms. The summed E-state index contributed by atoms with van der Waals surface area (Å²) in [4.78, 5) is 8.89. The van der Waals surface area contributed by atoms with Gasteiger partial charge in [0.1, 0.15) is 0 Å². The lowest BCUT2D eigenvalue weighted by atomic mass is 10.1. The van der Waals surface area contributed by atoms with E-state index in [4.69, 9.17) is 9.90 Å². The van der Waals surface area contributed by atoms with Crippen LogP contribution in [0.3, 0.4) is 0 Å². The molecule has 0 aromatic rings. The van der Waals surface area contributed by atoms with Crippen LogP contribution in [-0.4, -0.2) is 36.6 Å². The highest BCUT2D eigenvalue weighted by Crippen LogP contribution is 2.20. The second-order valence-corrected chi connectivity index (χ2v) is 6.86. The molecule has 0 amide bonds. The van der Waals surface area contributed by atoms with E-state index in [2.05, 4.69) is 13.8 Å². The molecule has 0 spiro atoms. The van der Waals surface area contributed by atoms with Crippen LogP contribution in [0.5, 0.6) is 0 Å². The Morgan fingerprint density at radius 3 is 1.68 bits per heavy atom. The number of carbonyl (C=O) groups is 1. The van der Waals surface area contributed by atoms with E-state index in [-0.39, 0.29) is 0 Å². The maximum atomic E-state index is 8.89. The third-order valence-corrected chi connectivity index (χ3v) is 4.92. The first kappa shape index (κ1) is 21.4. The van der Waals surface area contributed by atoms with E-state index in [0.717, 1.165) is 6.92 Å². The van der Waals surface area contributed by atoms with Crippen molar-refractivity contribution in [1.82, 2.24) is 0 Å². The van der Waals surface area contributed by atoms with Gasteiger partial charge in [0.15, 0.2) is 0 Å². The molecule has 3 heteroatoms. The molecule has 1 fully saturated rings. The first-order chi connectivity index (χ1) is 10.6. The Bertz CT molecular complexity index is 256. The zero-order chi connectivity index (χ0) is 16.7. The van der Waals surface area contributed by atoms with Gasteiger partial charge in [-0.2, -0.15) is 0 Å². The maximum Gasteiger partial charge on any atom is 0.0788 e. The molecule has 0 unspecified atom stereocenters. The Balaban J connectivity index is 0.000000980. The molecule has 0 aromatic carbocycles. The van der Waals surface area contributed by atoms with Gasteiger partial charge in [-0.3, -0.25) is 0 Å². The minimum atomic E-state index is -1.08. The van der Waals surface area contributed by atoms with Crippen molar-refractivity contribution >= 4 is 5.97 Å². The minimum Gasteiger partial charge on any atom is -0.550 e. The summed E-state index contributed by atoms with van der Waals surface area (Å²) in [5, 5.41) is 8.89. The zero-order valence-corrected chi connectivity index (χ0v) is 15.4. The smallest absolute Gasteiger partial charge is 0.0788 e. The number of carbonyl (C=O) groups excluding carboxylic acids is 1. The van der Waals surface area contributed by atoms with E-state index in [1.54, 1.807) is 0 Å². The van der Waals surface area contributed by atoms with Crippen molar-refractivity contribution in [2.24, 2.45) is 0 Å². The number of quaternary nitrogens is 1. The molecule has 0 saturated carbocycles. The standard InChI is InChI=1S/C17H36N.C2H4O2/c1-3-5-6-7-8-9-10-11-12-15-18(4-2)16-13-14-17-18;1-2(3)4/h3-17H2,1-2H3;1H3,(H,3,4)/q+1;/p-1. The van der Waals surface area contributed by atoms with Crippen LogP contribution in [0.1, 0.15) is 91.4 Å². The number of aliphatic carboxylic acids is 1. The lowest BCUT2D eigenvalue weighted by Gasteiger charge is -2.33. The van der Waals surface area contributed by atoms with Crippen molar-refractivity contribution in [2.75, 3.05) is 26.2 Å².